The number of hydrogen-bond acceptors (Lipinski definition) is 5. The number of benzene rings is 2. The molecule has 2 aromatic carbocycles. The van der Waals surface area contributed by atoms with E-state index in [-0.39, 0.29) is 24.3 Å². The number of halogens is 3. The molecule has 0 spiro atoms. The minimum absolute atomic E-state index is 0.0431. The molecule has 2 heterocycles. The number of likely N-dealkylation sites (tertiary alicyclic amines) is 1. The van der Waals surface area contributed by atoms with Crippen molar-refractivity contribution in [2.24, 2.45) is 0 Å². The Balaban J connectivity index is 1.13. The number of nitrogens with zero attached hydrogens (tertiary/aromatic N) is 3. The van der Waals surface area contributed by atoms with Crippen molar-refractivity contribution in [1.82, 2.24) is 14.7 Å². The smallest absolute Gasteiger partial charge is 0.449 e. The van der Waals surface area contributed by atoms with Crippen LogP contribution in [-0.2, 0) is 11.2 Å². The molecule has 0 aliphatic carbocycles. The molecular formula is C24H26F3N3O4. The molecular weight excluding hydrogens is 451 g/mol. The normalized spacial score (nSPS) is 17.3. The average molecular weight is 477 g/mol. The summed E-state index contributed by atoms with van der Waals surface area (Å²) in [6.45, 7) is 4.13. The quantitative estimate of drug-likeness (QED) is 0.638. The Bertz CT molecular complexity index is 971. The van der Waals surface area contributed by atoms with Crippen LogP contribution in [0.15, 0.2) is 54.6 Å². The first-order valence-corrected chi connectivity index (χ1v) is 11.1. The number of carbonyl (C=O) groups is 2. The Hall–Kier alpha value is -3.27. The third-order valence-electron chi connectivity index (χ3n) is 6.03. The maximum atomic E-state index is 12.6. The molecule has 0 N–H and O–H groups in total. The van der Waals surface area contributed by atoms with Crippen LogP contribution < -0.4 is 4.74 Å². The van der Waals surface area contributed by atoms with Gasteiger partial charge in [0.1, 0.15) is 5.75 Å². The summed E-state index contributed by atoms with van der Waals surface area (Å²) in [5.41, 5.74) is 1.44. The molecule has 7 nitrogen and oxygen atoms in total. The number of carbonyl (C=O) groups excluding carboxylic acids is 2. The van der Waals surface area contributed by atoms with E-state index in [4.69, 9.17) is 4.74 Å². The minimum Gasteiger partial charge on any atom is -0.449 e. The van der Waals surface area contributed by atoms with E-state index in [1.54, 1.807) is 4.90 Å². The number of alkyl halides is 3. The molecule has 2 aliphatic heterocycles. The van der Waals surface area contributed by atoms with Crippen molar-refractivity contribution in [3.63, 3.8) is 0 Å². The molecule has 0 atom stereocenters. The highest BCUT2D eigenvalue weighted by Gasteiger charge is 2.37. The third kappa shape index (κ3) is 6.19. The Morgan fingerprint density at radius 3 is 2.15 bits per heavy atom. The summed E-state index contributed by atoms with van der Waals surface area (Å²) in [4.78, 5) is 30.6. The zero-order chi connectivity index (χ0) is 24.1. The highest BCUT2D eigenvalue weighted by molar-refractivity contribution is 5.94. The summed E-state index contributed by atoms with van der Waals surface area (Å²) in [5, 5.41) is 0. The Morgan fingerprint density at radius 1 is 0.882 bits per heavy atom. The largest absolute Gasteiger partial charge is 0.573 e. The van der Waals surface area contributed by atoms with Crippen molar-refractivity contribution >= 4 is 12.0 Å². The van der Waals surface area contributed by atoms with Gasteiger partial charge in [0.05, 0.1) is 6.61 Å². The second-order valence-corrected chi connectivity index (χ2v) is 8.31. The zero-order valence-electron chi connectivity index (χ0n) is 18.5. The molecule has 0 unspecified atom stereocenters. The maximum absolute atomic E-state index is 12.6. The van der Waals surface area contributed by atoms with Crippen LogP contribution >= 0.6 is 0 Å². The molecule has 2 amide bonds. The van der Waals surface area contributed by atoms with Crippen LogP contribution in [0.1, 0.15) is 15.9 Å². The average Bonchev–Trinajstić information content (AvgIpc) is 2.79. The predicted molar refractivity (Wildman–Crippen MR) is 117 cm³/mol. The molecule has 0 bridgehead atoms. The molecule has 0 saturated carbocycles. The fraction of sp³-hybridized carbons (Fsp3) is 0.417. The molecule has 4 rings (SSSR count). The van der Waals surface area contributed by atoms with Crippen molar-refractivity contribution < 1.29 is 32.2 Å². The van der Waals surface area contributed by atoms with Crippen LogP contribution in [0.3, 0.4) is 0 Å². The molecule has 2 aliphatic rings. The Morgan fingerprint density at radius 2 is 1.53 bits per heavy atom. The van der Waals surface area contributed by atoms with Gasteiger partial charge < -0.3 is 19.3 Å². The zero-order valence-corrected chi connectivity index (χ0v) is 18.5. The van der Waals surface area contributed by atoms with Gasteiger partial charge in [-0.15, -0.1) is 13.2 Å². The molecule has 34 heavy (non-hydrogen) atoms. The summed E-state index contributed by atoms with van der Waals surface area (Å²) >= 11 is 0. The van der Waals surface area contributed by atoms with E-state index in [1.165, 1.54) is 24.3 Å². The first kappa shape index (κ1) is 23.9. The summed E-state index contributed by atoms with van der Waals surface area (Å²) in [5.74, 6) is -0.244. The number of rotatable bonds is 6. The van der Waals surface area contributed by atoms with E-state index >= 15 is 0 Å². The molecule has 182 valence electrons. The lowest BCUT2D eigenvalue weighted by atomic mass is 10.1. The van der Waals surface area contributed by atoms with Gasteiger partial charge in [-0.25, -0.2) is 4.79 Å². The van der Waals surface area contributed by atoms with E-state index in [0.717, 1.165) is 18.7 Å². The van der Waals surface area contributed by atoms with Crippen LogP contribution in [0.25, 0.3) is 0 Å². The van der Waals surface area contributed by atoms with Gasteiger partial charge in [-0.2, -0.15) is 0 Å². The van der Waals surface area contributed by atoms with Crippen LogP contribution in [-0.4, -0.2) is 85.0 Å². The van der Waals surface area contributed by atoms with Gasteiger partial charge in [0.2, 0.25) is 0 Å². The molecule has 0 aromatic heterocycles. The highest BCUT2D eigenvalue weighted by atomic mass is 19.4. The van der Waals surface area contributed by atoms with Crippen molar-refractivity contribution in [2.75, 3.05) is 45.9 Å². The molecule has 2 fully saturated rings. The van der Waals surface area contributed by atoms with Crippen molar-refractivity contribution in [3.05, 3.63) is 65.7 Å². The second-order valence-electron chi connectivity index (χ2n) is 8.31. The Labute approximate surface area is 195 Å². The van der Waals surface area contributed by atoms with E-state index in [0.29, 0.717) is 38.2 Å². The lowest BCUT2D eigenvalue weighted by molar-refractivity contribution is -0.274. The second kappa shape index (κ2) is 10.3. The molecule has 2 saturated heterocycles. The molecule has 2 aromatic rings. The summed E-state index contributed by atoms with van der Waals surface area (Å²) in [6, 6.07) is 15.0. The standard InChI is InChI=1S/C24H26F3N3O4/c25-24(26,27)34-21-8-6-18(7-9-21)10-15-33-23(32)30-16-20(17-30)28-11-13-29(14-12-28)22(31)19-4-2-1-3-5-19/h1-9,20H,10-17H2. The lowest BCUT2D eigenvalue weighted by Crippen LogP contribution is -2.64. The summed E-state index contributed by atoms with van der Waals surface area (Å²) < 4.78 is 45.7. The first-order chi connectivity index (χ1) is 16.3. The SMILES string of the molecule is O=C(OCCc1ccc(OC(F)(F)F)cc1)N1CC(N2CCN(C(=O)c3ccccc3)CC2)C1. The fourth-order valence-electron chi connectivity index (χ4n) is 4.09. The molecule has 10 heteroatoms. The van der Waals surface area contributed by atoms with Gasteiger partial charge in [0.25, 0.3) is 5.91 Å². The van der Waals surface area contributed by atoms with Gasteiger partial charge in [0, 0.05) is 57.3 Å². The first-order valence-electron chi connectivity index (χ1n) is 11.1. The van der Waals surface area contributed by atoms with E-state index in [1.807, 2.05) is 35.2 Å². The minimum atomic E-state index is -4.72. The van der Waals surface area contributed by atoms with Gasteiger partial charge in [-0.05, 0) is 29.8 Å². The fourth-order valence-corrected chi connectivity index (χ4v) is 4.09. The van der Waals surface area contributed by atoms with Crippen LogP contribution in [0.5, 0.6) is 5.75 Å². The number of hydrogen-bond donors (Lipinski definition) is 0. The lowest BCUT2D eigenvalue weighted by Gasteiger charge is -2.47. The van der Waals surface area contributed by atoms with Crippen LogP contribution in [0, 0.1) is 0 Å². The third-order valence-corrected chi connectivity index (χ3v) is 6.03. The van der Waals surface area contributed by atoms with Gasteiger partial charge in [-0.1, -0.05) is 30.3 Å². The Kier molecular flexibility index (Phi) is 7.26. The van der Waals surface area contributed by atoms with E-state index < -0.39 is 12.5 Å². The topological polar surface area (TPSA) is 62.3 Å². The van der Waals surface area contributed by atoms with Crippen LogP contribution in [0.2, 0.25) is 0 Å². The molecule has 0 radical (unpaired) electrons. The monoisotopic (exact) mass is 477 g/mol. The van der Waals surface area contributed by atoms with Gasteiger partial charge in [-0.3, -0.25) is 9.69 Å². The van der Waals surface area contributed by atoms with E-state index in [2.05, 4.69) is 9.64 Å². The van der Waals surface area contributed by atoms with Gasteiger partial charge >= 0.3 is 12.5 Å². The summed E-state index contributed by atoms with van der Waals surface area (Å²) in [7, 11) is 0. The van der Waals surface area contributed by atoms with Crippen molar-refractivity contribution in [2.45, 2.75) is 18.8 Å². The predicted octanol–water partition coefficient (Wildman–Crippen LogP) is 3.41. The van der Waals surface area contributed by atoms with Crippen molar-refractivity contribution in [1.29, 1.82) is 0 Å². The number of piperazine rings is 1. The number of ether oxygens (including phenoxy) is 2. The maximum Gasteiger partial charge on any atom is 0.573 e. The van der Waals surface area contributed by atoms with Crippen LogP contribution in [0.4, 0.5) is 18.0 Å². The van der Waals surface area contributed by atoms with Crippen molar-refractivity contribution in [3.8, 4) is 5.75 Å². The van der Waals surface area contributed by atoms with Gasteiger partial charge in [0.15, 0.2) is 0 Å². The van der Waals surface area contributed by atoms with E-state index in [9.17, 15) is 22.8 Å². The number of amides is 2. The highest BCUT2D eigenvalue weighted by Crippen LogP contribution is 2.23. The summed E-state index contributed by atoms with van der Waals surface area (Å²) in [6.07, 6.45) is -4.72.